The third kappa shape index (κ3) is 4.43. The van der Waals surface area contributed by atoms with Crippen molar-refractivity contribution >= 4 is 28.3 Å². The van der Waals surface area contributed by atoms with Crippen LogP contribution in [0, 0.1) is 0 Å². The van der Waals surface area contributed by atoms with Gasteiger partial charge in [-0.2, -0.15) is 5.10 Å². The van der Waals surface area contributed by atoms with Gasteiger partial charge in [-0.1, -0.05) is 37.3 Å². The Morgan fingerprint density at radius 1 is 1.10 bits per heavy atom. The molecule has 0 radical (unpaired) electrons. The average molecular weight is 394 g/mol. The molecule has 1 aromatic heterocycles. The fraction of sp³-hybridized carbons (Fsp3) is 0.238. The number of ether oxygens (including phenoxy) is 1. The molecule has 0 spiro atoms. The van der Waals surface area contributed by atoms with E-state index in [9.17, 15) is 14.4 Å². The first-order valence-corrected chi connectivity index (χ1v) is 9.24. The maximum absolute atomic E-state index is 13.1. The Balaban J connectivity index is 1.84. The molecule has 0 aliphatic carbocycles. The van der Waals surface area contributed by atoms with E-state index in [1.54, 1.807) is 48.5 Å². The lowest BCUT2D eigenvalue weighted by atomic mass is 10.1. The third-order valence-electron chi connectivity index (χ3n) is 4.39. The first-order valence-electron chi connectivity index (χ1n) is 9.24. The van der Waals surface area contributed by atoms with Gasteiger partial charge in [0.25, 0.3) is 11.5 Å². The molecule has 2 amide bonds. The van der Waals surface area contributed by atoms with Crippen molar-refractivity contribution in [3.63, 3.8) is 0 Å². The highest BCUT2D eigenvalue weighted by Gasteiger charge is 2.22. The average Bonchev–Trinajstić information content (AvgIpc) is 2.74. The van der Waals surface area contributed by atoms with E-state index in [1.165, 1.54) is 12.0 Å². The van der Waals surface area contributed by atoms with Crippen molar-refractivity contribution in [3.05, 3.63) is 64.6 Å². The molecule has 0 saturated carbocycles. The molecule has 0 unspecified atom stereocenters. The van der Waals surface area contributed by atoms with Crippen LogP contribution in [0.5, 0.6) is 5.75 Å². The van der Waals surface area contributed by atoms with Gasteiger partial charge in [-0.25, -0.2) is 5.10 Å². The van der Waals surface area contributed by atoms with Crippen LogP contribution in [0.3, 0.4) is 0 Å². The molecule has 3 aromatic rings. The number of aromatic amines is 1. The number of methoxy groups -OCH3 is 1. The van der Waals surface area contributed by atoms with Crippen LogP contribution in [0.15, 0.2) is 53.3 Å². The summed E-state index contributed by atoms with van der Waals surface area (Å²) in [6.07, 6.45) is 0.662. The Labute approximate surface area is 167 Å². The quantitative estimate of drug-likeness (QED) is 0.640. The van der Waals surface area contributed by atoms with Crippen LogP contribution in [0.25, 0.3) is 10.8 Å². The Hall–Kier alpha value is -3.68. The van der Waals surface area contributed by atoms with E-state index in [4.69, 9.17) is 4.74 Å². The summed E-state index contributed by atoms with van der Waals surface area (Å²) in [5, 5.41) is 9.90. The molecule has 0 atom stereocenters. The van der Waals surface area contributed by atoms with Gasteiger partial charge >= 0.3 is 0 Å². The number of nitrogens with one attached hydrogen (secondary N) is 2. The van der Waals surface area contributed by atoms with Crippen molar-refractivity contribution in [2.45, 2.75) is 13.3 Å². The van der Waals surface area contributed by atoms with Crippen molar-refractivity contribution in [1.29, 1.82) is 0 Å². The maximum atomic E-state index is 13.1. The van der Waals surface area contributed by atoms with Gasteiger partial charge in [0, 0.05) is 11.9 Å². The molecule has 3 rings (SSSR count). The molecule has 2 aromatic carbocycles. The normalized spacial score (nSPS) is 10.6. The minimum absolute atomic E-state index is 0.110. The van der Waals surface area contributed by atoms with E-state index < -0.39 is 5.91 Å². The lowest BCUT2D eigenvalue weighted by Crippen LogP contribution is -2.39. The van der Waals surface area contributed by atoms with Gasteiger partial charge in [0.15, 0.2) is 5.69 Å². The summed E-state index contributed by atoms with van der Waals surface area (Å²) in [6.45, 7) is 2.13. The highest BCUT2D eigenvalue weighted by Crippen LogP contribution is 2.23. The summed E-state index contributed by atoms with van der Waals surface area (Å²) in [7, 11) is 1.52. The highest BCUT2D eigenvalue weighted by atomic mass is 16.5. The van der Waals surface area contributed by atoms with Crippen LogP contribution in [0.4, 0.5) is 5.69 Å². The van der Waals surface area contributed by atoms with Crippen molar-refractivity contribution in [2.24, 2.45) is 0 Å². The number of amides is 2. The molecular formula is C21H22N4O4. The molecule has 2 N–H and O–H groups in total. The number of para-hydroxylation sites is 2. The highest BCUT2D eigenvalue weighted by molar-refractivity contribution is 6.06. The fourth-order valence-electron chi connectivity index (χ4n) is 3.06. The Morgan fingerprint density at radius 2 is 1.79 bits per heavy atom. The largest absolute Gasteiger partial charge is 0.495 e. The summed E-state index contributed by atoms with van der Waals surface area (Å²) in [5.74, 6) is -0.248. The van der Waals surface area contributed by atoms with E-state index in [0.29, 0.717) is 35.2 Å². The minimum atomic E-state index is -0.422. The van der Waals surface area contributed by atoms with Gasteiger partial charge in [0.05, 0.1) is 18.2 Å². The number of hydrogen-bond acceptors (Lipinski definition) is 5. The van der Waals surface area contributed by atoms with E-state index in [-0.39, 0.29) is 23.7 Å². The number of carbonyl (C=O) groups excluding carboxylic acids is 2. The first kappa shape index (κ1) is 20.1. The first-order chi connectivity index (χ1) is 14.0. The zero-order chi connectivity index (χ0) is 20.8. The smallest absolute Gasteiger partial charge is 0.275 e. The van der Waals surface area contributed by atoms with Crippen molar-refractivity contribution < 1.29 is 14.3 Å². The monoisotopic (exact) mass is 394 g/mol. The predicted octanol–water partition coefficient (Wildman–Crippen LogP) is 2.42. The predicted molar refractivity (Wildman–Crippen MR) is 110 cm³/mol. The third-order valence-corrected chi connectivity index (χ3v) is 4.39. The van der Waals surface area contributed by atoms with Crippen LogP contribution in [0.2, 0.25) is 0 Å². The summed E-state index contributed by atoms with van der Waals surface area (Å²) < 4.78 is 5.24. The Kier molecular flexibility index (Phi) is 6.23. The van der Waals surface area contributed by atoms with Crippen molar-refractivity contribution in [2.75, 3.05) is 25.5 Å². The molecule has 8 heteroatoms. The van der Waals surface area contributed by atoms with E-state index in [0.717, 1.165) is 0 Å². The van der Waals surface area contributed by atoms with Gasteiger partial charge in [-0.05, 0) is 24.6 Å². The molecule has 0 saturated heterocycles. The van der Waals surface area contributed by atoms with Gasteiger partial charge < -0.3 is 15.0 Å². The number of hydrogen-bond donors (Lipinski definition) is 2. The molecule has 8 nitrogen and oxygen atoms in total. The summed E-state index contributed by atoms with van der Waals surface area (Å²) in [4.78, 5) is 39.1. The number of anilines is 1. The molecule has 1 heterocycles. The molecular weight excluding hydrogens is 372 g/mol. The molecule has 0 fully saturated rings. The topological polar surface area (TPSA) is 104 Å². The van der Waals surface area contributed by atoms with Crippen LogP contribution in [0.1, 0.15) is 23.8 Å². The second-order valence-corrected chi connectivity index (χ2v) is 6.42. The zero-order valence-electron chi connectivity index (χ0n) is 16.3. The SMILES string of the molecule is CCCN(CC(=O)Nc1ccccc1OC)C(=O)c1n[nH]c(=O)c2ccccc12. The van der Waals surface area contributed by atoms with Gasteiger partial charge in [0.2, 0.25) is 5.91 Å². The number of H-pyrrole nitrogens is 1. The maximum Gasteiger partial charge on any atom is 0.275 e. The second kappa shape index (κ2) is 9.01. The van der Waals surface area contributed by atoms with Crippen LogP contribution < -0.4 is 15.6 Å². The summed E-state index contributed by atoms with van der Waals surface area (Å²) in [6, 6.07) is 13.8. The number of aromatic nitrogens is 2. The fourth-order valence-corrected chi connectivity index (χ4v) is 3.06. The molecule has 0 bridgehead atoms. The second-order valence-electron chi connectivity index (χ2n) is 6.42. The van der Waals surface area contributed by atoms with E-state index in [1.807, 2.05) is 6.92 Å². The lowest BCUT2D eigenvalue weighted by Gasteiger charge is -2.22. The lowest BCUT2D eigenvalue weighted by molar-refractivity contribution is -0.116. The van der Waals surface area contributed by atoms with Gasteiger partial charge in [-0.3, -0.25) is 14.4 Å². The Morgan fingerprint density at radius 3 is 2.52 bits per heavy atom. The molecule has 29 heavy (non-hydrogen) atoms. The van der Waals surface area contributed by atoms with E-state index >= 15 is 0 Å². The number of carbonyl (C=O) groups is 2. The number of rotatable bonds is 7. The number of benzene rings is 2. The molecule has 0 aliphatic heterocycles. The summed E-state index contributed by atoms with van der Waals surface area (Å²) >= 11 is 0. The summed E-state index contributed by atoms with van der Waals surface area (Å²) in [5.41, 5.74) is 0.267. The molecule has 0 aliphatic rings. The number of nitrogens with zero attached hydrogens (tertiary/aromatic N) is 2. The van der Waals surface area contributed by atoms with E-state index in [2.05, 4.69) is 15.5 Å². The Bertz CT molecular complexity index is 1090. The van der Waals surface area contributed by atoms with Crippen LogP contribution >= 0.6 is 0 Å². The zero-order valence-corrected chi connectivity index (χ0v) is 16.3. The van der Waals surface area contributed by atoms with Crippen LogP contribution in [-0.2, 0) is 4.79 Å². The van der Waals surface area contributed by atoms with Crippen molar-refractivity contribution in [1.82, 2.24) is 15.1 Å². The van der Waals surface area contributed by atoms with Gasteiger partial charge in [0.1, 0.15) is 12.3 Å². The van der Waals surface area contributed by atoms with Crippen molar-refractivity contribution in [3.8, 4) is 5.75 Å². The van der Waals surface area contributed by atoms with Crippen LogP contribution in [-0.4, -0.2) is 47.1 Å². The standard InChI is InChI=1S/C21H22N4O4/c1-3-12-25(13-18(26)22-16-10-6-7-11-17(16)29-2)21(28)19-14-8-4-5-9-15(14)20(27)24-23-19/h4-11H,3,12-13H2,1-2H3,(H,22,26)(H,24,27). The molecule has 150 valence electrons. The van der Waals surface area contributed by atoms with Gasteiger partial charge in [-0.15, -0.1) is 0 Å². The number of fused-ring (bicyclic) bond motifs is 1. The minimum Gasteiger partial charge on any atom is -0.495 e.